The van der Waals surface area contributed by atoms with Crippen molar-refractivity contribution in [3.8, 4) is 0 Å². The average Bonchev–Trinajstić information content (AvgIpc) is 2.74. The van der Waals surface area contributed by atoms with Gasteiger partial charge in [0.1, 0.15) is 0 Å². The molecule has 1 aromatic heterocycles. The number of rotatable bonds is 8. The van der Waals surface area contributed by atoms with Crippen LogP contribution in [0.2, 0.25) is 0 Å². The van der Waals surface area contributed by atoms with Crippen molar-refractivity contribution in [3.05, 3.63) is 16.9 Å². The molecule has 1 heterocycles. The molecule has 0 fully saturated rings. The zero-order chi connectivity index (χ0) is 14.1. The first-order valence-corrected chi connectivity index (χ1v) is 6.78. The number of carbonyl (C=O) groups excluding carboxylic acids is 1. The number of aryl methyl sites for hydroxylation is 1. The Balaban J connectivity index is 1.98. The Morgan fingerprint density at radius 3 is 2.68 bits per heavy atom. The Labute approximate surface area is 119 Å². The van der Waals surface area contributed by atoms with Crippen molar-refractivity contribution in [1.29, 1.82) is 0 Å². The molecule has 0 aromatic carbocycles. The first-order valence-electron chi connectivity index (χ1n) is 5.99. The summed E-state index contributed by atoms with van der Waals surface area (Å²) in [4.78, 5) is 21.5. The molecule has 0 bridgehead atoms. The van der Waals surface area contributed by atoms with Gasteiger partial charge in [0.05, 0.1) is 17.1 Å². The van der Waals surface area contributed by atoms with E-state index in [2.05, 4.69) is 31.7 Å². The number of aliphatic carboxylic acids is 1. The summed E-state index contributed by atoms with van der Waals surface area (Å²) in [5.41, 5.74) is 0. The highest BCUT2D eigenvalue weighted by Gasteiger charge is 2.01. The molecule has 0 atom stereocenters. The molecule has 106 valence electrons. The maximum Gasteiger partial charge on any atom is 0.314 e. The van der Waals surface area contributed by atoms with Crippen molar-refractivity contribution >= 4 is 27.9 Å². The van der Waals surface area contributed by atoms with Crippen LogP contribution in [-0.4, -0.2) is 40.0 Å². The molecule has 0 radical (unpaired) electrons. The number of nitrogens with zero attached hydrogens (tertiary/aromatic N) is 2. The number of carboxylic acids is 1. The van der Waals surface area contributed by atoms with Crippen molar-refractivity contribution in [2.24, 2.45) is 0 Å². The smallest absolute Gasteiger partial charge is 0.314 e. The number of amides is 2. The number of hydrogen-bond acceptors (Lipinski definition) is 3. The number of carboxylic acid groups (broad SMARTS) is 1. The number of urea groups is 1. The molecular weight excluding hydrogens is 316 g/mol. The number of carbonyl (C=O) groups is 2. The van der Waals surface area contributed by atoms with Crippen LogP contribution in [-0.2, 0) is 11.3 Å². The van der Waals surface area contributed by atoms with Crippen LogP contribution in [0.4, 0.5) is 4.79 Å². The summed E-state index contributed by atoms with van der Waals surface area (Å²) in [6.07, 6.45) is 5.30. The molecule has 19 heavy (non-hydrogen) atoms. The van der Waals surface area contributed by atoms with Crippen molar-refractivity contribution in [2.45, 2.75) is 25.8 Å². The van der Waals surface area contributed by atoms with Gasteiger partial charge in [0.2, 0.25) is 0 Å². The highest BCUT2D eigenvalue weighted by molar-refractivity contribution is 9.10. The van der Waals surface area contributed by atoms with Gasteiger partial charge in [-0.25, -0.2) is 4.79 Å². The number of unbranched alkanes of at least 4 members (excludes halogenated alkanes) is 1. The molecule has 0 unspecified atom stereocenters. The summed E-state index contributed by atoms with van der Waals surface area (Å²) in [6.45, 7) is 1.50. The molecule has 0 aliphatic heterocycles. The van der Waals surface area contributed by atoms with Crippen LogP contribution >= 0.6 is 15.9 Å². The molecule has 0 aliphatic rings. The summed E-state index contributed by atoms with van der Waals surface area (Å²) >= 11 is 3.32. The van der Waals surface area contributed by atoms with Crippen molar-refractivity contribution in [1.82, 2.24) is 20.4 Å². The van der Waals surface area contributed by atoms with Gasteiger partial charge >= 0.3 is 12.0 Å². The van der Waals surface area contributed by atoms with Crippen molar-refractivity contribution in [3.63, 3.8) is 0 Å². The fourth-order valence-electron chi connectivity index (χ4n) is 1.41. The number of nitrogens with one attached hydrogen (secondary N) is 2. The Hall–Kier alpha value is -1.57. The second-order valence-electron chi connectivity index (χ2n) is 3.96. The molecule has 7 nitrogen and oxygen atoms in total. The predicted molar refractivity (Wildman–Crippen MR) is 72.8 cm³/mol. The van der Waals surface area contributed by atoms with Gasteiger partial charge in [-0.1, -0.05) is 0 Å². The normalized spacial score (nSPS) is 10.2. The van der Waals surface area contributed by atoms with E-state index >= 15 is 0 Å². The fourth-order valence-corrected chi connectivity index (χ4v) is 1.73. The third-order valence-corrected chi connectivity index (χ3v) is 2.74. The summed E-state index contributed by atoms with van der Waals surface area (Å²) in [5, 5.41) is 17.7. The van der Waals surface area contributed by atoms with Gasteiger partial charge in [-0.2, -0.15) is 5.10 Å². The Kier molecular flexibility index (Phi) is 6.94. The number of hydrogen-bond donors (Lipinski definition) is 3. The number of halogens is 1. The molecule has 0 saturated heterocycles. The molecule has 0 spiro atoms. The van der Waals surface area contributed by atoms with Crippen LogP contribution in [0.25, 0.3) is 0 Å². The van der Waals surface area contributed by atoms with Crippen LogP contribution in [0, 0.1) is 0 Å². The molecular formula is C11H17BrN4O3. The molecule has 0 aliphatic carbocycles. The summed E-state index contributed by atoms with van der Waals surface area (Å²) in [5.74, 6) is -0.925. The lowest BCUT2D eigenvalue weighted by Gasteiger charge is -2.06. The average molecular weight is 333 g/mol. The standard InChI is InChI=1S/C11H17BrN4O3/c12-9-7-15-16(8-9)6-2-1-4-13-11(19)14-5-3-10(17)18/h7-8H,1-6H2,(H,17,18)(H2,13,14,19). The lowest BCUT2D eigenvalue weighted by molar-refractivity contribution is -0.136. The third kappa shape index (κ3) is 7.45. The summed E-state index contributed by atoms with van der Waals surface area (Å²) in [6, 6.07) is -0.330. The van der Waals surface area contributed by atoms with Gasteiger partial charge in [0, 0.05) is 25.8 Å². The maximum absolute atomic E-state index is 11.2. The summed E-state index contributed by atoms with van der Waals surface area (Å²) in [7, 11) is 0. The predicted octanol–water partition coefficient (Wildman–Crippen LogP) is 1.20. The Morgan fingerprint density at radius 1 is 1.32 bits per heavy atom. The lowest BCUT2D eigenvalue weighted by atomic mass is 10.3. The van der Waals surface area contributed by atoms with E-state index in [1.165, 1.54) is 0 Å². The molecule has 8 heteroatoms. The second kappa shape index (κ2) is 8.52. The van der Waals surface area contributed by atoms with Crippen LogP contribution in [0.1, 0.15) is 19.3 Å². The topological polar surface area (TPSA) is 96.3 Å². The minimum Gasteiger partial charge on any atom is -0.481 e. The van der Waals surface area contributed by atoms with Crippen LogP contribution in [0.5, 0.6) is 0 Å². The SMILES string of the molecule is O=C(O)CCNC(=O)NCCCCn1cc(Br)cn1. The fraction of sp³-hybridized carbons (Fsp3) is 0.545. The van der Waals surface area contributed by atoms with E-state index in [0.29, 0.717) is 6.54 Å². The van der Waals surface area contributed by atoms with Gasteiger partial charge in [0.15, 0.2) is 0 Å². The van der Waals surface area contributed by atoms with Crippen molar-refractivity contribution in [2.75, 3.05) is 13.1 Å². The van der Waals surface area contributed by atoms with E-state index in [1.54, 1.807) is 6.20 Å². The molecule has 0 saturated carbocycles. The first kappa shape index (κ1) is 15.5. The third-order valence-electron chi connectivity index (χ3n) is 2.33. The molecule has 1 aromatic rings. The van der Waals surface area contributed by atoms with Crippen molar-refractivity contribution < 1.29 is 14.7 Å². The van der Waals surface area contributed by atoms with Gasteiger partial charge in [-0.05, 0) is 28.8 Å². The number of aromatic nitrogens is 2. The van der Waals surface area contributed by atoms with Gasteiger partial charge in [-0.15, -0.1) is 0 Å². The Bertz CT molecular complexity index is 422. The quantitative estimate of drug-likeness (QED) is 0.623. The molecule has 3 N–H and O–H groups in total. The monoisotopic (exact) mass is 332 g/mol. The highest BCUT2D eigenvalue weighted by atomic mass is 79.9. The molecule has 2 amide bonds. The minimum absolute atomic E-state index is 0.0679. The van der Waals surface area contributed by atoms with Crippen LogP contribution < -0.4 is 10.6 Å². The van der Waals surface area contributed by atoms with Gasteiger partial charge < -0.3 is 15.7 Å². The van der Waals surface area contributed by atoms with E-state index < -0.39 is 5.97 Å². The Morgan fingerprint density at radius 2 is 2.05 bits per heavy atom. The largest absolute Gasteiger partial charge is 0.481 e. The zero-order valence-electron chi connectivity index (χ0n) is 10.4. The lowest BCUT2D eigenvalue weighted by Crippen LogP contribution is -2.37. The van der Waals surface area contributed by atoms with Crippen LogP contribution in [0.15, 0.2) is 16.9 Å². The van der Waals surface area contributed by atoms with Crippen LogP contribution in [0.3, 0.4) is 0 Å². The zero-order valence-corrected chi connectivity index (χ0v) is 12.0. The van der Waals surface area contributed by atoms with E-state index in [4.69, 9.17) is 5.11 Å². The minimum atomic E-state index is -0.925. The van der Waals surface area contributed by atoms with Gasteiger partial charge in [-0.3, -0.25) is 9.48 Å². The van der Waals surface area contributed by atoms with E-state index in [0.717, 1.165) is 23.9 Å². The van der Waals surface area contributed by atoms with E-state index in [1.807, 2.05) is 10.9 Å². The highest BCUT2D eigenvalue weighted by Crippen LogP contribution is 2.06. The van der Waals surface area contributed by atoms with E-state index in [9.17, 15) is 9.59 Å². The second-order valence-corrected chi connectivity index (χ2v) is 4.87. The van der Waals surface area contributed by atoms with E-state index in [-0.39, 0.29) is 19.0 Å². The van der Waals surface area contributed by atoms with Gasteiger partial charge in [0.25, 0.3) is 0 Å². The molecule has 1 rings (SSSR count). The first-order chi connectivity index (χ1) is 9.08. The maximum atomic E-state index is 11.2. The summed E-state index contributed by atoms with van der Waals surface area (Å²) < 4.78 is 2.78.